The lowest BCUT2D eigenvalue weighted by molar-refractivity contribution is -0.124. The molecule has 1 atom stereocenters. The number of rotatable bonds is 8. The van der Waals surface area contributed by atoms with Crippen LogP contribution in [0.4, 0.5) is 0 Å². The van der Waals surface area contributed by atoms with E-state index in [0.29, 0.717) is 23.7 Å². The molecule has 0 aliphatic carbocycles. The minimum atomic E-state index is -0.630. The van der Waals surface area contributed by atoms with Crippen LogP contribution < -0.4 is 16.0 Å². The van der Waals surface area contributed by atoms with Gasteiger partial charge in [0.25, 0.3) is 5.91 Å². The number of halogens is 1. The molecule has 1 aliphatic rings. The molecule has 7 heteroatoms. The highest BCUT2D eigenvalue weighted by molar-refractivity contribution is 6.33. The number of amides is 2. The first-order valence-electron chi connectivity index (χ1n) is 9.41. The smallest absolute Gasteiger partial charge is 0.253 e. The third-order valence-corrected chi connectivity index (χ3v) is 5.44. The Balaban J connectivity index is 2.02. The molecule has 0 spiro atoms. The Kier molecular flexibility index (Phi) is 8.07. The second-order valence-electron chi connectivity index (χ2n) is 7.58. The SMILES string of the molecule is COCC1(CNC(=O)C(NC(=O)c2ccccc2Cl)C(C)C)CCNCC1. The van der Waals surface area contributed by atoms with Gasteiger partial charge in [-0.2, -0.15) is 0 Å². The second kappa shape index (κ2) is 10.1. The second-order valence-corrected chi connectivity index (χ2v) is 7.98. The maximum Gasteiger partial charge on any atom is 0.253 e. The van der Waals surface area contributed by atoms with Crippen LogP contribution in [0.3, 0.4) is 0 Å². The number of nitrogens with one attached hydrogen (secondary N) is 3. The molecule has 1 aromatic carbocycles. The number of ether oxygens (including phenoxy) is 1. The maximum absolute atomic E-state index is 12.8. The summed E-state index contributed by atoms with van der Waals surface area (Å²) in [5.74, 6) is -0.579. The molecule has 0 saturated carbocycles. The summed E-state index contributed by atoms with van der Waals surface area (Å²) in [5, 5.41) is 9.57. The Hall–Kier alpha value is -1.63. The van der Waals surface area contributed by atoms with Crippen LogP contribution in [-0.4, -0.2) is 51.2 Å². The van der Waals surface area contributed by atoms with E-state index in [1.807, 2.05) is 13.8 Å². The summed E-state index contributed by atoms with van der Waals surface area (Å²) in [6.07, 6.45) is 1.89. The highest BCUT2D eigenvalue weighted by atomic mass is 35.5. The fourth-order valence-corrected chi connectivity index (χ4v) is 3.64. The topological polar surface area (TPSA) is 79.5 Å². The van der Waals surface area contributed by atoms with Gasteiger partial charge in [0.1, 0.15) is 6.04 Å². The van der Waals surface area contributed by atoms with E-state index < -0.39 is 6.04 Å². The van der Waals surface area contributed by atoms with Crippen molar-refractivity contribution in [2.75, 3.05) is 33.4 Å². The molecule has 1 saturated heterocycles. The molecule has 6 nitrogen and oxygen atoms in total. The average Bonchev–Trinajstić information content (AvgIpc) is 2.65. The van der Waals surface area contributed by atoms with Crippen LogP contribution in [0, 0.1) is 11.3 Å². The van der Waals surface area contributed by atoms with E-state index in [0.717, 1.165) is 25.9 Å². The third kappa shape index (κ3) is 5.92. The van der Waals surface area contributed by atoms with Crippen molar-refractivity contribution in [2.24, 2.45) is 11.3 Å². The summed E-state index contributed by atoms with van der Waals surface area (Å²) < 4.78 is 5.40. The molecule has 0 bridgehead atoms. The first kappa shape index (κ1) is 21.7. The average molecular weight is 396 g/mol. The zero-order valence-electron chi connectivity index (χ0n) is 16.3. The number of carbonyl (C=O) groups excluding carboxylic acids is 2. The van der Waals surface area contributed by atoms with Gasteiger partial charge in [-0.3, -0.25) is 9.59 Å². The van der Waals surface area contributed by atoms with Gasteiger partial charge in [-0.1, -0.05) is 37.6 Å². The van der Waals surface area contributed by atoms with Gasteiger partial charge in [-0.25, -0.2) is 0 Å². The lowest BCUT2D eigenvalue weighted by Crippen LogP contribution is -2.53. The van der Waals surface area contributed by atoms with Crippen molar-refractivity contribution in [3.8, 4) is 0 Å². The van der Waals surface area contributed by atoms with Gasteiger partial charge in [-0.05, 0) is 44.0 Å². The summed E-state index contributed by atoms with van der Waals surface area (Å²) in [5.41, 5.74) is 0.302. The molecule has 1 fully saturated rings. The lowest BCUT2D eigenvalue weighted by Gasteiger charge is -2.37. The fourth-order valence-electron chi connectivity index (χ4n) is 3.42. The lowest BCUT2D eigenvalue weighted by atomic mass is 9.79. The van der Waals surface area contributed by atoms with Crippen molar-refractivity contribution in [3.05, 3.63) is 34.9 Å². The molecule has 1 unspecified atom stereocenters. The van der Waals surface area contributed by atoms with E-state index in [9.17, 15) is 9.59 Å². The van der Waals surface area contributed by atoms with Crippen LogP contribution in [0.25, 0.3) is 0 Å². The predicted molar refractivity (Wildman–Crippen MR) is 107 cm³/mol. The fraction of sp³-hybridized carbons (Fsp3) is 0.600. The summed E-state index contributed by atoms with van der Waals surface area (Å²) in [6, 6.07) is 6.19. The van der Waals surface area contributed by atoms with E-state index in [1.165, 1.54) is 0 Å². The monoisotopic (exact) mass is 395 g/mol. The van der Waals surface area contributed by atoms with Gasteiger partial charge in [0, 0.05) is 19.1 Å². The number of benzene rings is 1. The van der Waals surface area contributed by atoms with Crippen molar-refractivity contribution in [3.63, 3.8) is 0 Å². The van der Waals surface area contributed by atoms with Gasteiger partial charge in [-0.15, -0.1) is 0 Å². The van der Waals surface area contributed by atoms with E-state index in [2.05, 4.69) is 16.0 Å². The molecule has 27 heavy (non-hydrogen) atoms. The molecule has 150 valence electrons. The van der Waals surface area contributed by atoms with Crippen molar-refractivity contribution in [1.29, 1.82) is 0 Å². The maximum atomic E-state index is 12.8. The largest absolute Gasteiger partial charge is 0.384 e. The molecular weight excluding hydrogens is 366 g/mol. The Bertz CT molecular complexity index is 640. The van der Waals surface area contributed by atoms with Crippen LogP contribution in [0.5, 0.6) is 0 Å². The summed E-state index contributed by atoms with van der Waals surface area (Å²) in [4.78, 5) is 25.4. The van der Waals surface area contributed by atoms with Crippen molar-refractivity contribution in [1.82, 2.24) is 16.0 Å². The van der Waals surface area contributed by atoms with E-state index >= 15 is 0 Å². The molecule has 3 N–H and O–H groups in total. The van der Waals surface area contributed by atoms with Crippen LogP contribution in [0.2, 0.25) is 5.02 Å². The number of hydrogen-bond donors (Lipinski definition) is 3. The van der Waals surface area contributed by atoms with Gasteiger partial charge in [0.2, 0.25) is 5.91 Å². The third-order valence-electron chi connectivity index (χ3n) is 5.11. The minimum Gasteiger partial charge on any atom is -0.384 e. The molecule has 1 heterocycles. The molecule has 0 aromatic heterocycles. The van der Waals surface area contributed by atoms with Crippen LogP contribution in [0.15, 0.2) is 24.3 Å². The van der Waals surface area contributed by atoms with E-state index in [4.69, 9.17) is 16.3 Å². The zero-order chi connectivity index (χ0) is 19.9. The normalized spacial score (nSPS) is 17.4. The Labute approximate surface area is 166 Å². The van der Waals surface area contributed by atoms with Gasteiger partial charge >= 0.3 is 0 Å². The van der Waals surface area contributed by atoms with Crippen molar-refractivity contribution in [2.45, 2.75) is 32.7 Å². The van der Waals surface area contributed by atoms with E-state index in [1.54, 1.807) is 31.4 Å². The van der Waals surface area contributed by atoms with E-state index in [-0.39, 0.29) is 23.1 Å². The van der Waals surface area contributed by atoms with Crippen LogP contribution in [0.1, 0.15) is 37.0 Å². The summed E-state index contributed by atoms with van der Waals surface area (Å²) in [6.45, 7) is 6.78. The predicted octanol–water partition coefficient (Wildman–Crippen LogP) is 2.23. The first-order valence-corrected chi connectivity index (χ1v) is 9.79. The summed E-state index contributed by atoms with van der Waals surface area (Å²) >= 11 is 6.10. The van der Waals surface area contributed by atoms with Crippen LogP contribution >= 0.6 is 11.6 Å². The molecule has 1 aliphatic heterocycles. The highest BCUT2D eigenvalue weighted by Crippen LogP contribution is 2.28. The number of methoxy groups -OCH3 is 1. The Morgan fingerprint density at radius 1 is 1.26 bits per heavy atom. The number of piperidine rings is 1. The van der Waals surface area contributed by atoms with Crippen LogP contribution in [-0.2, 0) is 9.53 Å². The first-order chi connectivity index (χ1) is 12.9. The Morgan fingerprint density at radius 3 is 2.52 bits per heavy atom. The molecule has 2 amide bonds. The molecular formula is C20H30ClN3O3. The number of carbonyl (C=O) groups is 2. The number of hydrogen-bond acceptors (Lipinski definition) is 4. The Morgan fingerprint density at radius 2 is 1.93 bits per heavy atom. The molecule has 0 radical (unpaired) electrons. The quantitative estimate of drug-likeness (QED) is 0.630. The van der Waals surface area contributed by atoms with Crippen molar-refractivity contribution < 1.29 is 14.3 Å². The summed E-state index contributed by atoms with van der Waals surface area (Å²) in [7, 11) is 1.69. The van der Waals surface area contributed by atoms with Gasteiger partial charge in [0.15, 0.2) is 0 Å². The molecule has 1 aromatic rings. The molecule has 2 rings (SSSR count). The van der Waals surface area contributed by atoms with Gasteiger partial charge in [0.05, 0.1) is 17.2 Å². The zero-order valence-corrected chi connectivity index (χ0v) is 17.1. The van der Waals surface area contributed by atoms with Crippen molar-refractivity contribution >= 4 is 23.4 Å². The standard InChI is InChI=1S/C20H30ClN3O3/c1-14(2)17(24-18(25)15-6-4-5-7-16(15)21)19(26)23-12-20(13-27-3)8-10-22-11-9-20/h4-7,14,17,22H,8-13H2,1-3H3,(H,23,26)(H,24,25). The van der Waals surface area contributed by atoms with Gasteiger partial charge < -0.3 is 20.7 Å². The minimum absolute atomic E-state index is 0.0529. The highest BCUT2D eigenvalue weighted by Gasteiger charge is 2.34.